The van der Waals surface area contributed by atoms with Crippen LogP contribution in [0.2, 0.25) is 0 Å². The summed E-state index contributed by atoms with van der Waals surface area (Å²) in [5, 5.41) is 9.55. The Kier molecular flexibility index (Phi) is 8.53. The predicted octanol–water partition coefficient (Wildman–Crippen LogP) is 3.46. The fourth-order valence-corrected chi connectivity index (χ4v) is 2.84. The van der Waals surface area contributed by atoms with E-state index in [2.05, 4.69) is 10.9 Å². The van der Waals surface area contributed by atoms with Crippen molar-refractivity contribution in [3.8, 4) is 18.0 Å². The van der Waals surface area contributed by atoms with Gasteiger partial charge in [0.1, 0.15) is 11.6 Å². The van der Waals surface area contributed by atoms with E-state index in [-0.39, 0.29) is 11.4 Å². The molecule has 0 aliphatic heterocycles. The van der Waals surface area contributed by atoms with Gasteiger partial charge in [-0.25, -0.2) is 9.37 Å². The van der Waals surface area contributed by atoms with E-state index in [4.69, 9.17) is 11.2 Å². The highest BCUT2D eigenvalue weighted by molar-refractivity contribution is 5.34. The first-order valence-electron chi connectivity index (χ1n) is 9.36. The molecule has 0 bridgehead atoms. The van der Waals surface area contributed by atoms with E-state index in [0.717, 1.165) is 0 Å². The Morgan fingerprint density at radius 1 is 1.24 bits per heavy atom. The Hall–Kier alpha value is -3.01. The van der Waals surface area contributed by atoms with Crippen LogP contribution in [0.25, 0.3) is 5.69 Å². The van der Waals surface area contributed by atoms with Gasteiger partial charge in [0.15, 0.2) is 6.29 Å². The first kappa shape index (κ1) is 22.3. The third-order valence-electron chi connectivity index (χ3n) is 4.29. The molecule has 1 heterocycles. The van der Waals surface area contributed by atoms with Crippen LogP contribution in [0.3, 0.4) is 0 Å². The number of ether oxygens (including phenoxy) is 1. The number of halogens is 1. The number of aliphatic hydroxyl groups excluding tert-OH is 1. The minimum absolute atomic E-state index is 0.311. The molecule has 29 heavy (non-hydrogen) atoms. The number of nitrogens with zero attached hydrogens (tertiary/aromatic N) is 2. The van der Waals surface area contributed by atoms with Gasteiger partial charge in [0.25, 0.3) is 5.56 Å². The number of aromatic nitrogens is 2. The zero-order valence-electron chi connectivity index (χ0n) is 16.6. The van der Waals surface area contributed by atoms with Crippen molar-refractivity contribution in [2.24, 2.45) is 0 Å². The van der Waals surface area contributed by atoms with Crippen molar-refractivity contribution in [3.05, 3.63) is 81.8 Å². The molecule has 5 nitrogen and oxygen atoms in total. The van der Waals surface area contributed by atoms with Gasteiger partial charge in [-0.3, -0.25) is 9.36 Å². The van der Waals surface area contributed by atoms with Gasteiger partial charge in [-0.05, 0) is 62.6 Å². The fourth-order valence-electron chi connectivity index (χ4n) is 2.84. The predicted molar refractivity (Wildman–Crippen MR) is 111 cm³/mol. The lowest BCUT2D eigenvalue weighted by molar-refractivity contribution is -0.0792. The number of hydrogen-bond donors (Lipinski definition) is 1. The van der Waals surface area contributed by atoms with Crippen LogP contribution >= 0.6 is 0 Å². The Labute approximate surface area is 170 Å². The second-order valence-corrected chi connectivity index (χ2v) is 6.53. The number of methoxy groups -OCH3 is 1. The van der Waals surface area contributed by atoms with Crippen LogP contribution in [0.4, 0.5) is 4.39 Å². The van der Waals surface area contributed by atoms with Gasteiger partial charge in [-0.2, -0.15) is 0 Å². The van der Waals surface area contributed by atoms with Crippen LogP contribution in [0.1, 0.15) is 36.3 Å². The molecule has 1 atom stereocenters. The standard InChI is InChI=1S/C23H25FN2O3/c1-4-18-8-7-10-22(27)26(20-14-12-19(24)13-15-20)21(25-17(2)16-18)9-5-6-11-23(28)29-3/h1,7-8,10,12-16,23,28H,5-6,9,11H2,2-3H3. The molecule has 6 heteroatoms. The monoisotopic (exact) mass is 396 g/mol. The highest BCUT2D eigenvalue weighted by Crippen LogP contribution is 2.12. The van der Waals surface area contributed by atoms with E-state index in [0.29, 0.717) is 48.5 Å². The number of rotatable bonds is 7. The van der Waals surface area contributed by atoms with Gasteiger partial charge >= 0.3 is 0 Å². The van der Waals surface area contributed by atoms with E-state index in [1.54, 1.807) is 37.3 Å². The normalized spacial score (nSPS) is 11.4. The smallest absolute Gasteiger partial charge is 0.256 e. The number of aliphatic hydroxyl groups is 1. The van der Waals surface area contributed by atoms with Crippen LogP contribution in [0.15, 0.2) is 53.3 Å². The van der Waals surface area contributed by atoms with Gasteiger partial charge in [-0.15, -0.1) is 6.42 Å². The molecule has 0 fully saturated rings. The van der Waals surface area contributed by atoms with Gasteiger partial charge in [0, 0.05) is 30.9 Å². The van der Waals surface area contributed by atoms with E-state index in [9.17, 15) is 14.3 Å². The van der Waals surface area contributed by atoms with Gasteiger partial charge in [0.05, 0.1) is 5.69 Å². The van der Waals surface area contributed by atoms with Crippen molar-refractivity contribution in [3.63, 3.8) is 0 Å². The summed E-state index contributed by atoms with van der Waals surface area (Å²) >= 11 is 0. The van der Waals surface area contributed by atoms with Crippen LogP contribution in [0, 0.1) is 25.1 Å². The van der Waals surface area contributed by atoms with E-state index < -0.39 is 6.29 Å². The molecule has 2 rings (SSSR count). The maximum absolute atomic E-state index is 13.4. The SMILES string of the molecule is C#Cc1cccc(=O)n(-c2ccc(F)cc2)c(CCCCC(O)OC)nc(C)c1. The summed E-state index contributed by atoms with van der Waals surface area (Å²) in [5.41, 5.74) is 1.46. The van der Waals surface area contributed by atoms with Crippen molar-refractivity contribution in [1.29, 1.82) is 0 Å². The molecular weight excluding hydrogens is 371 g/mol. The largest absolute Gasteiger partial charge is 0.368 e. The average molecular weight is 396 g/mol. The second kappa shape index (κ2) is 11.1. The molecule has 0 saturated heterocycles. The lowest BCUT2D eigenvalue weighted by Gasteiger charge is -2.12. The molecule has 0 radical (unpaired) electrons. The molecule has 1 aromatic heterocycles. The molecule has 152 valence electrons. The molecule has 0 saturated carbocycles. The van der Waals surface area contributed by atoms with Gasteiger partial charge in [-0.1, -0.05) is 12.0 Å². The van der Waals surface area contributed by atoms with Crippen LogP contribution in [-0.2, 0) is 11.2 Å². The van der Waals surface area contributed by atoms with Crippen LogP contribution in [0.5, 0.6) is 0 Å². The average Bonchev–Trinajstić information content (AvgIpc) is 2.71. The number of benzene rings is 1. The van der Waals surface area contributed by atoms with Crippen molar-refractivity contribution >= 4 is 0 Å². The van der Waals surface area contributed by atoms with Crippen LogP contribution in [-0.4, -0.2) is 28.1 Å². The maximum Gasteiger partial charge on any atom is 0.256 e. The Morgan fingerprint density at radius 2 is 1.97 bits per heavy atom. The third kappa shape index (κ3) is 6.83. The van der Waals surface area contributed by atoms with Gasteiger partial charge in [0.2, 0.25) is 0 Å². The lowest BCUT2D eigenvalue weighted by Crippen LogP contribution is -2.20. The van der Waals surface area contributed by atoms with Gasteiger partial charge < -0.3 is 9.84 Å². The summed E-state index contributed by atoms with van der Waals surface area (Å²) in [7, 11) is 1.45. The maximum atomic E-state index is 13.4. The molecule has 0 aliphatic rings. The summed E-state index contributed by atoms with van der Waals surface area (Å²) < 4.78 is 19.7. The molecule has 1 unspecified atom stereocenters. The first-order valence-corrected chi connectivity index (χ1v) is 9.36. The Bertz CT molecular complexity index is 977. The topological polar surface area (TPSA) is 64.4 Å². The first-order chi connectivity index (χ1) is 13.9. The third-order valence-corrected chi connectivity index (χ3v) is 4.29. The van der Waals surface area contributed by atoms with E-state index in [1.165, 1.54) is 29.9 Å². The second-order valence-electron chi connectivity index (χ2n) is 6.53. The lowest BCUT2D eigenvalue weighted by atomic mass is 10.1. The molecule has 1 aromatic carbocycles. The molecule has 0 spiro atoms. The Morgan fingerprint density at radius 3 is 2.62 bits per heavy atom. The number of aryl methyl sites for hydroxylation is 2. The minimum Gasteiger partial charge on any atom is -0.368 e. The summed E-state index contributed by atoms with van der Waals surface area (Å²) in [6, 6.07) is 12.1. The zero-order chi connectivity index (χ0) is 21.2. The summed E-state index contributed by atoms with van der Waals surface area (Å²) in [6.45, 7) is 1.80. The minimum atomic E-state index is -0.816. The Balaban J connectivity index is 2.59. The summed E-state index contributed by atoms with van der Waals surface area (Å²) in [4.78, 5) is 17.5. The van der Waals surface area contributed by atoms with E-state index >= 15 is 0 Å². The van der Waals surface area contributed by atoms with Crippen molar-refractivity contribution in [2.75, 3.05) is 7.11 Å². The van der Waals surface area contributed by atoms with Crippen LogP contribution < -0.4 is 5.56 Å². The van der Waals surface area contributed by atoms with Crippen molar-refractivity contribution in [1.82, 2.24) is 9.55 Å². The molecule has 0 aliphatic carbocycles. The molecule has 0 amide bonds. The quantitative estimate of drug-likeness (QED) is 0.442. The summed E-state index contributed by atoms with van der Waals surface area (Å²) in [6.07, 6.45) is 7.02. The highest BCUT2D eigenvalue weighted by Gasteiger charge is 2.08. The highest BCUT2D eigenvalue weighted by atomic mass is 19.1. The zero-order valence-corrected chi connectivity index (χ0v) is 16.6. The molecule has 2 aromatic rings. The number of terminal acetylenes is 1. The number of hydrogen-bond acceptors (Lipinski definition) is 4. The molecular formula is C23H25FN2O3. The summed E-state index contributed by atoms with van der Waals surface area (Å²) in [5.74, 6) is 2.69. The van der Waals surface area contributed by atoms with E-state index in [1.807, 2.05) is 0 Å². The van der Waals surface area contributed by atoms with Crippen molar-refractivity contribution < 1.29 is 14.2 Å². The van der Waals surface area contributed by atoms with Crippen molar-refractivity contribution in [2.45, 2.75) is 38.9 Å². The fraction of sp³-hybridized carbons (Fsp3) is 0.304. The molecule has 1 N–H and O–H groups in total. The number of unbranched alkanes of at least 4 members (excludes halogenated alkanes) is 1.